The molecule has 30 heavy (non-hydrogen) atoms. The Bertz CT molecular complexity index is 958. The Labute approximate surface area is 186 Å². The molecule has 3 aromatic rings. The average molecular weight is 446 g/mol. The standard InChI is InChI=1S/C23H25ClFN3OS/c1-27(15-17-2-3-17)12-13-30-23-26-14-21(16-29-22-10-6-19(25)7-11-22)28(23)20-8-4-18(24)5-9-20/h4-11,14,17H,2-3,12-13,15-16H2,1H3. The number of nitrogens with zero attached hydrogens (tertiary/aromatic N) is 3. The lowest BCUT2D eigenvalue weighted by atomic mass is 10.3. The van der Waals surface area contributed by atoms with Gasteiger partial charge in [-0.05, 0) is 74.3 Å². The maximum absolute atomic E-state index is 13.1. The van der Waals surface area contributed by atoms with E-state index in [1.807, 2.05) is 30.5 Å². The predicted molar refractivity (Wildman–Crippen MR) is 120 cm³/mol. The highest BCUT2D eigenvalue weighted by atomic mass is 35.5. The van der Waals surface area contributed by atoms with Gasteiger partial charge in [0, 0.05) is 29.6 Å². The summed E-state index contributed by atoms with van der Waals surface area (Å²) in [6, 6.07) is 13.8. The summed E-state index contributed by atoms with van der Waals surface area (Å²) in [7, 11) is 2.19. The quantitative estimate of drug-likeness (QED) is 0.376. The molecule has 1 fully saturated rings. The lowest BCUT2D eigenvalue weighted by molar-refractivity contribution is 0.298. The van der Waals surface area contributed by atoms with Gasteiger partial charge in [0.15, 0.2) is 5.16 Å². The monoisotopic (exact) mass is 445 g/mol. The van der Waals surface area contributed by atoms with Gasteiger partial charge in [-0.15, -0.1) is 0 Å². The first kappa shape index (κ1) is 21.2. The van der Waals surface area contributed by atoms with Crippen molar-refractivity contribution in [3.8, 4) is 11.4 Å². The third-order valence-corrected chi connectivity index (χ3v) is 6.24. The van der Waals surface area contributed by atoms with Gasteiger partial charge in [0.05, 0.1) is 11.9 Å². The van der Waals surface area contributed by atoms with E-state index in [0.29, 0.717) is 17.4 Å². The molecule has 0 N–H and O–H groups in total. The fourth-order valence-electron chi connectivity index (χ4n) is 3.25. The molecule has 1 aromatic heterocycles. The van der Waals surface area contributed by atoms with E-state index in [-0.39, 0.29) is 5.82 Å². The smallest absolute Gasteiger partial charge is 0.172 e. The van der Waals surface area contributed by atoms with E-state index in [1.54, 1.807) is 23.9 Å². The minimum absolute atomic E-state index is 0.279. The predicted octanol–water partition coefficient (Wildman–Crippen LogP) is 5.68. The van der Waals surface area contributed by atoms with Crippen LogP contribution in [0.2, 0.25) is 5.02 Å². The molecule has 0 atom stereocenters. The van der Waals surface area contributed by atoms with Crippen LogP contribution in [0, 0.1) is 11.7 Å². The van der Waals surface area contributed by atoms with Gasteiger partial charge in [-0.2, -0.15) is 0 Å². The lowest BCUT2D eigenvalue weighted by Gasteiger charge is -2.16. The number of halogens is 2. The van der Waals surface area contributed by atoms with Crippen molar-refractivity contribution in [2.24, 2.45) is 5.92 Å². The van der Waals surface area contributed by atoms with Crippen molar-refractivity contribution in [3.63, 3.8) is 0 Å². The van der Waals surface area contributed by atoms with Crippen LogP contribution >= 0.6 is 23.4 Å². The molecule has 0 aliphatic heterocycles. The van der Waals surface area contributed by atoms with Crippen molar-refractivity contribution in [3.05, 3.63) is 71.3 Å². The first-order valence-electron chi connectivity index (χ1n) is 10.1. The van der Waals surface area contributed by atoms with Gasteiger partial charge in [0.25, 0.3) is 0 Å². The fourth-order valence-corrected chi connectivity index (χ4v) is 4.44. The average Bonchev–Trinajstić information content (AvgIpc) is 3.46. The Morgan fingerprint density at radius 3 is 2.60 bits per heavy atom. The Hall–Kier alpha value is -2.02. The maximum Gasteiger partial charge on any atom is 0.172 e. The molecule has 1 saturated carbocycles. The summed E-state index contributed by atoms with van der Waals surface area (Å²) in [6.07, 6.45) is 4.58. The highest BCUT2D eigenvalue weighted by molar-refractivity contribution is 7.99. The number of hydrogen-bond donors (Lipinski definition) is 0. The summed E-state index contributed by atoms with van der Waals surface area (Å²) >= 11 is 7.82. The van der Waals surface area contributed by atoms with Gasteiger partial charge < -0.3 is 9.64 Å². The Kier molecular flexibility index (Phi) is 6.97. The van der Waals surface area contributed by atoms with Crippen LogP contribution in [0.4, 0.5) is 4.39 Å². The highest BCUT2D eigenvalue weighted by Gasteiger charge is 2.22. The largest absolute Gasteiger partial charge is 0.487 e. The number of ether oxygens (including phenoxy) is 1. The van der Waals surface area contributed by atoms with Crippen LogP contribution in [0.3, 0.4) is 0 Å². The van der Waals surface area contributed by atoms with Crippen molar-refractivity contribution >= 4 is 23.4 Å². The van der Waals surface area contributed by atoms with Crippen LogP contribution in [0.1, 0.15) is 18.5 Å². The summed E-state index contributed by atoms with van der Waals surface area (Å²) in [5, 5.41) is 1.62. The molecule has 0 radical (unpaired) electrons. The Morgan fingerprint density at radius 2 is 1.90 bits per heavy atom. The van der Waals surface area contributed by atoms with Crippen molar-refractivity contribution in [1.29, 1.82) is 0 Å². The molecule has 0 spiro atoms. The summed E-state index contributed by atoms with van der Waals surface area (Å²) < 4.78 is 21.1. The zero-order valence-corrected chi connectivity index (χ0v) is 18.5. The Morgan fingerprint density at radius 1 is 1.17 bits per heavy atom. The van der Waals surface area contributed by atoms with Crippen molar-refractivity contribution < 1.29 is 9.13 Å². The van der Waals surface area contributed by atoms with Crippen molar-refractivity contribution in [1.82, 2.24) is 14.5 Å². The molecule has 4 nitrogen and oxygen atoms in total. The van der Waals surface area contributed by atoms with E-state index in [2.05, 4.69) is 21.5 Å². The van der Waals surface area contributed by atoms with Gasteiger partial charge >= 0.3 is 0 Å². The van der Waals surface area contributed by atoms with Gasteiger partial charge in [-0.25, -0.2) is 9.37 Å². The van der Waals surface area contributed by atoms with Gasteiger partial charge in [-0.3, -0.25) is 4.57 Å². The minimum atomic E-state index is -0.279. The van der Waals surface area contributed by atoms with E-state index in [9.17, 15) is 4.39 Å². The van der Waals surface area contributed by atoms with Crippen LogP contribution in [0.15, 0.2) is 59.9 Å². The number of rotatable bonds is 10. The second-order valence-corrected chi connectivity index (χ2v) is 9.14. The summed E-state index contributed by atoms with van der Waals surface area (Å²) in [5.41, 5.74) is 1.92. The molecule has 158 valence electrons. The summed E-state index contributed by atoms with van der Waals surface area (Å²) in [6.45, 7) is 2.54. The van der Waals surface area contributed by atoms with Crippen molar-refractivity contribution in [2.45, 2.75) is 24.6 Å². The molecule has 0 amide bonds. The SMILES string of the molecule is CN(CCSc1ncc(COc2ccc(F)cc2)n1-c1ccc(Cl)cc1)CC1CC1. The maximum atomic E-state index is 13.1. The first-order valence-corrected chi connectivity index (χ1v) is 11.5. The first-order chi connectivity index (χ1) is 14.6. The van der Waals surface area contributed by atoms with Crippen LogP contribution in [0.25, 0.3) is 5.69 Å². The normalized spacial score (nSPS) is 13.7. The van der Waals surface area contributed by atoms with E-state index in [0.717, 1.165) is 34.8 Å². The van der Waals surface area contributed by atoms with Crippen molar-refractivity contribution in [2.75, 3.05) is 25.9 Å². The van der Waals surface area contributed by atoms with Gasteiger partial charge in [0.1, 0.15) is 18.2 Å². The summed E-state index contributed by atoms with van der Waals surface area (Å²) in [5.74, 6) is 2.20. The summed E-state index contributed by atoms with van der Waals surface area (Å²) in [4.78, 5) is 7.05. The fraction of sp³-hybridized carbons (Fsp3) is 0.348. The molecule has 2 aromatic carbocycles. The highest BCUT2D eigenvalue weighted by Crippen LogP contribution is 2.30. The second-order valence-electron chi connectivity index (χ2n) is 7.64. The molecule has 4 rings (SSSR count). The zero-order valence-electron chi connectivity index (χ0n) is 16.9. The third kappa shape index (κ3) is 5.78. The van der Waals surface area contributed by atoms with E-state index < -0.39 is 0 Å². The number of thioether (sulfide) groups is 1. The molecule has 0 saturated heterocycles. The van der Waals surface area contributed by atoms with Gasteiger partial charge in [0.2, 0.25) is 0 Å². The molecule has 0 unspecified atom stereocenters. The van der Waals surface area contributed by atoms with Crippen LogP contribution in [0.5, 0.6) is 5.75 Å². The lowest BCUT2D eigenvalue weighted by Crippen LogP contribution is -2.23. The number of aromatic nitrogens is 2. The van der Waals surface area contributed by atoms with E-state index in [1.165, 1.54) is 31.5 Å². The van der Waals surface area contributed by atoms with Crippen LogP contribution < -0.4 is 4.74 Å². The second kappa shape index (κ2) is 9.86. The molecule has 1 aliphatic rings. The zero-order chi connectivity index (χ0) is 20.9. The van der Waals surface area contributed by atoms with Crippen LogP contribution in [-0.2, 0) is 6.61 Å². The molecule has 1 heterocycles. The topological polar surface area (TPSA) is 30.3 Å². The molecular formula is C23H25ClFN3OS. The molecule has 7 heteroatoms. The minimum Gasteiger partial charge on any atom is -0.487 e. The number of benzene rings is 2. The van der Waals surface area contributed by atoms with Crippen LogP contribution in [-0.4, -0.2) is 40.3 Å². The third-order valence-electron chi connectivity index (χ3n) is 5.06. The molecular weight excluding hydrogens is 421 g/mol. The number of hydrogen-bond acceptors (Lipinski definition) is 4. The number of imidazole rings is 1. The van der Waals surface area contributed by atoms with E-state index >= 15 is 0 Å². The molecule has 0 bridgehead atoms. The Balaban J connectivity index is 1.47. The van der Waals surface area contributed by atoms with Gasteiger partial charge in [-0.1, -0.05) is 23.4 Å². The molecule has 1 aliphatic carbocycles. The van der Waals surface area contributed by atoms with E-state index in [4.69, 9.17) is 16.3 Å².